The topological polar surface area (TPSA) is 29.3 Å². The van der Waals surface area contributed by atoms with E-state index in [1.165, 1.54) is 5.56 Å². The van der Waals surface area contributed by atoms with E-state index in [-0.39, 0.29) is 5.82 Å². The summed E-state index contributed by atoms with van der Waals surface area (Å²) in [5.41, 5.74) is 8.53. The Morgan fingerprint density at radius 1 is 1.00 bits per heavy atom. The van der Waals surface area contributed by atoms with Crippen LogP contribution in [0.4, 0.5) is 10.1 Å². The van der Waals surface area contributed by atoms with Crippen LogP contribution in [0.1, 0.15) is 24.0 Å². The minimum atomic E-state index is -0.149. The molecule has 2 nitrogen and oxygen atoms in total. The summed E-state index contributed by atoms with van der Waals surface area (Å²) in [6, 6.07) is 16.0. The molecule has 0 spiro atoms. The minimum absolute atomic E-state index is 0.149. The SMILES string of the molecule is NCc1ccc(N2CCC(Cc3ccccc3)CC2)c(F)c1. The maximum atomic E-state index is 14.2. The maximum Gasteiger partial charge on any atom is 0.146 e. The summed E-state index contributed by atoms with van der Waals surface area (Å²) in [5.74, 6) is 0.550. The quantitative estimate of drug-likeness (QED) is 0.931. The molecule has 0 aliphatic carbocycles. The Morgan fingerprint density at radius 3 is 2.36 bits per heavy atom. The van der Waals surface area contributed by atoms with Crippen LogP contribution in [0, 0.1) is 11.7 Å². The Labute approximate surface area is 131 Å². The first-order valence-corrected chi connectivity index (χ1v) is 8.03. The zero-order chi connectivity index (χ0) is 15.4. The van der Waals surface area contributed by atoms with Gasteiger partial charge in [0.1, 0.15) is 5.82 Å². The second-order valence-electron chi connectivity index (χ2n) is 6.11. The van der Waals surface area contributed by atoms with Crippen LogP contribution < -0.4 is 10.6 Å². The Balaban J connectivity index is 1.60. The van der Waals surface area contributed by atoms with Crippen molar-refractivity contribution in [2.45, 2.75) is 25.8 Å². The third kappa shape index (κ3) is 3.47. The molecule has 116 valence electrons. The van der Waals surface area contributed by atoms with E-state index in [1.54, 1.807) is 6.07 Å². The average Bonchev–Trinajstić information content (AvgIpc) is 2.56. The molecule has 2 N–H and O–H groups in total. The summed E-state index contributed by atoms with van der Waals surface area (Å²) in [6.45, 7) is 2.24. The summed E-state index contributed by atoms with van der Waals surface area (Å²) in [4.78, 5) is 2.16. The Bertz CT molecular complexity index is 604. The lowest BCUT2D eigenvalue weighted by Gasteiger charge is -2.34. The number of nitrogens with zero attached hydrogens (tertiary/aromatic N) is 1. The van der Waals surface area contributed by atoms with Crippen LogP contribution in [0.2, 0.25) is 0 Å². The standard InChI is InChI=1S/C19H23FN2/c20-18-13-17(14-21)6-7-19(18)22-10-8-16(9-11-22)12-15-4-2-1-3-5-15/h1-7,13,16H,8-12,14,21H2. The van der Waals surface area contributed by atoms with Gasteiger partial charge >= 0.3 is 0 Å². The van der Waals surface area contributed by atoms with Crippen LogP contribution in [0.5, 0.6) is 0 Å². The number of halogens is 1. The van der Waals surface area contributed by atoms with Crippen LogP contribution in [-0.4, -0.2) is 13.1 Å². The molecule has 0 saturated carbocycles. The second-order valence-corrected chi connectivity index (χ2v) is 6.11. The first-order chi connectivity index (χ1) is 10.8. The molecule has 2 aromatic carbocycles. The summed E-state index contributed by atoms with van der Waals surface area (Å²) >= 11 is 0. The third-order valence-electron chi connectivity index (χ3n) is 4.57. The number of hydrogen-bond donors (Lipinski definition) is 1. The summed E-state index contributed by atoms with van der Waals surface area (Å²) in [6.07, 6.45) is 3.36. The van der Waals surface area contributed by atoms with Gasteiger partial charge in [0.2, 0.25) is 0 Å². The molecule has 0 unspecified atom stereocenters. The van der Waals surface area contributed by atoms with E-state index in [9.17, 15) is 4.39 Å². The number of anilines is 1. The predicted molar refractivity (Wildman–Crippen MR) is 89.4 cm³/mol. The molecular weight excluding hydrogens is 275 g/mol. The van der Waals surface area contributed by atoms with E-state index in [4.69, 9.17) is 5.73 Å². The molecule has 22 heavy (non-hydrogen) atoms. The lowest BCUT2D eigenvalue weighted by atomic mass is 9.90. The van der Waals surface area contributed by atoms with E-state index in [2.05, 4.69) is 35.2 Å². The molecule has 0 aromatic heterocycles. The predicted octanol–water partition coefficient (Wildman–Crippen LogP) is 3.74. The van der Waals surface area contributed by atoms with Crippen molar-refractivity contribution in [3.8, 4) is 0 Å². The third-order valence-corrected chi connectivity index (χ3v) is 4.57. The van der Waals surface area contributed by atoms with Crippen molar-refractivity contribution in [2.24, 2.45) is 11.7 Å². The molecule has 0 amide bonds. The van der Waals surface area contributed by atoms with E-state index in [0.717, 1.165) is 43.6 Å². The number of rotatable bonds is 4. The molecule has 1 heterocycles. The van der Waals surface area contributed by atoms with E-state index < -0.39 is 0 Å². The van der Waals surface area contributed by atoms with Crippen molar-refractivity contribution in [1.82, 2.24) is 0 Å². The fraction of sp³-hybridized carbons (Fsp3) is 0.368. The van der Waals surface area contributed by atoms with Gasteiger partial charge in [0, 0.05) is 19.6 Å². The minimum Gasteiger partial charge on any atom is -0.369 e. The number of piperidine rings is 1. The van der Waals surface area contributed by atoms with E-state index in [1.807, 2.05) is 12.1 Å². The highest BCUT2D eigenvalue weighted by molar-refractivity contribution is 5.49. The normalized spacial score (nSPS) is 16.0. The van der Waals surface area contributed by atoms with Gasteiger partial charge in [-0.25, -0.2) is 4.39 Å². The lowest BCUT2D eigenvalue weighted by molar-refractivity contribution is 0.401. The van der Waals surface area contributed by atoms with Crippen molar-refractivity contribution >= 4 is 5.69 Å². The molecule has 2 aromatic rings. The van der Waals surface area contributed by atoms with Gasteiger partial charge in [0.05, 0.1) is 5.69 Å². The van der Waals surface area contributed by atoms with Gasteiger partial charge in [-0.1, -0.05) is 36.4 Å². The van der Waals surface area contributed by atoms with Gasteiger partial charge < -0.3 is 10.6 Å². The number of nitrogens with two attached hydrogens (primary N) is 1. The first-order valence-electron chi connectivity index (χ1n) is 8.03. The Hall–Kier alpha value is -1.87. The van der Waals surface area contributed by atoms with Gasteiger partial charge in [0.15, 0.2) is 0 Å². The molecular formula is C19H23FN2. The lowest BCUT2D eigenvalue weighted by Crippen LogP contribution is -2.34. The molecule has 3 heteroatoms. The van der Waals surface area contributed by atoms with Crippen LogP contribution in [0.3, 0.4) is 0 Å². The van der Waals surface area contributed by atoms with Gasteiger partial charge in [-0.05, 0) is 48.4 Å². The fourth-order valence-electron chi connectivity index (χ4n) is 3.26. The van der Waals surface area contributed by atoms with Crippen molar-refractivity contribution in [3.05, 3.63) is 65.5 Å². The van der Waals surface area contributed by atoms with Crippen molar-refractivity contribution < 1.29 is 4.39 Å². The van der Waals surface area contributed by atoms with Crippen molar-refractivity contribution in [3.63, 3.8) is 0 Å². The number of benzene rings is 2. The van der Waals surface area contributed by atoms with Gasteiger partial charge in [-0.3, -0.25) is 0 Å². The summed E-state index contributed by atoms with van der Waals surface area (Å²) in [7, 11) is 0. The molecule has 1 aliphatic rings. The van der Waals surface area contributed by atoms with Gasteiger partial charge in [-0.15, -0.1) is 0 Å². The number of hydrogen-bond acceptors (Lipinski definition) is 2. The van der Waals surface area contributed by atoms with Gasteiger partial charge in [0.25, 0.3) is 0 Å². The molecule has 0 radical (unpaired) electrons. The van der Waals surface area contributed by atoms with Crippen molar-refractivity contribution in [2.75, 3.05) is 18.0 Å². The summed E-state index contributed by atoms with van der Waals surface area (Å²) in [5, 5.41) is 0. The van der Waals surface area contributed by atoms with E-state index in [0.29, 0.717) is 12.5 Å². The largest absolute Gasteiger partial charge is 0.369 e. The molecule has 0 bridgehead atoms. The zero-order valence-electron chi connectivity index (χ0n) is 12.8. The van der Waals surface area contributed by atoms with Crippen molar-refractivity contribution in [1.29, 1.82) is 0 Å². The Kier molecular flexibility index (Phi) is 4.74. The molecule has 0 atom stereocenters. The highest BCUT2D eigenvalue weighted by atomic mass is 19.1. The second kappa shape index (κ2) is 6.93. The van der Waals surface area contributed by atoms with Crippen LogP contribution >= 0.6 is 0 Å². The maximum absolute atomic E-state index is 14.2. The smallest absolute Gasteiger partial charge is 0.146 e. The Morgan fingerprint density at radius 2 is 1.73 bits per heavy atom. The average molecular weight is 298 g/mol. The van der Waals surface area contributed by atoms with Crippen LogP contribution in [-0.2, 0) is 13.0 Å². The molecule has 1 fully saturated rings. The molecule has 3 rings (SSSR count). The fourth-order valence-corrected chi connectivity index (χ4v) is 3.26. The molecule has 1 aliphatic heterocycles. The van der Waals surface area contributed by atoms with Crippen LogP contribution in [0.25, 0.3) is 0 Å². The zero-order valence-corrected chi connectivity index (χ0v) is 12.8. The summed E-state index contributed by atoms with van der Waals surface area (Å²) < 4.78 is 14.2. The van der Waals surface area contributed by atoms with E-state index >= 15 is 0 Å². The van der Waals surface area contributed by atoms with Crippen LogP contribution in [0.15, 0.2) is 48.5 Å². The highest BCUT2D eigenvalue weighted by Crippen LogP contribution is 2.28. The monoisotopic (exact) mass is 298 g/mol. The highest BCUT2D eigenvalue weighted by Gasteiger charge is 2.21. The first kappa shape index (κ1) is 15.0. The molecule has 1 saturated heterocycles. The van der Waals surface area contributed by atoms with Gasteiger partial charge in [-0.2, -0.15) is 0 Å².